The van der Waals surface area contributed by atoms with Crippen LogP contribution < -0.4 is 5.32 Å². The summed E-state index contributed by atoms with van der Waals surface area (Å²) in [6, 6.07) is 6.13. The summed E-state index contributed by atoms with van der Waals surface area (Å²) in [6.45, 7) is 0. The number of carbonyl (C=O) groups is 1. The smallest absolute Gasteiger partial charge is 0.225 e. The first kappa shape index (κ1) is 14.1. The lowest BCUT2D eigenvalue weighted by Gasteiger charge is -2.05. The molecule has 0 atom stereocenters. The zero-order valence-corrected chi connectivity index (χ0v) is 9.28. The Bertz CT molecular complexity index is 546. The van der Waals surface area contributed by atoms with Gasteiger partial charge in [0.05, 0.1) is 17.4 Å². The number of hydrogen-bond donors (Lipinski definition) is 1. The lowest BCUT2D eigenvalue weighted by atomic mass is 10.3. The molecule has 94 valence electrons. The van der Waals surface area contributed by atoms with Crippen LogP contribution in [0.1, 0.15) is 17.8 Å². The molecule has 0 bridgehead atoms. The minimum Gasteiger partial charge on any atom is -0.339 e. The number of hydrogen-bond acceptors (Lipinski definition) is 4. The van der Waals surface area contributed by atoms with Crippen molar-refractivity contribution in [1.82, 2.24) is 9.97 Å². The fraction of sp³-hybridized carbons (Fsp3) is 0.0833. The Hall–Kier alpha value is -2.01. The van der Waals surface area contributed by atoms with E-state index in [1.807, 2.05) is 0 Å². The normalized spacial score (nSPS) is 9.44. The molecule has 2 aromatic heterocycles. The van der Waals surface area contributed by atoms with Crippen LogP contribution in [0.3, 0.4) is 0 Å². The predicted octanol–water partition coefficient (Wildman–Crippen LogP) is 3.46. The van der Waals surface area contributed by atoms with Crippen molar-refractivity contribution < 1.29 is 9.18 Å². The first-order chi connectivity index (χ1) is 8.19. The molecule has 0 aliphatic rings. The summed E-state index contributed by atoms with van der Waals surface area (Å²) in [5.41, 5.74) is 0.546. The van der Waals surface area contributed by atoms with E-state index in [9.17, 15) is 9.18 Å². The molecule has 6 heteroatoms. The second-order valence-corrected chi connectivity index (χ2v) is 3.58. The Kier molecular flexibility index (Phi) is 4.74. The second-order valence-electron chi connectivity index (χ2n) is 3.19. The number of anilines is 2. The molecular weight excluding hydrogens is 257 g/mol. The monoisotopic (exact) mass is 267 g/mol. The Morgan fingerprint density at radius 2 is 2.06 bits per heavy atom. The molecule has 2 heterocycles. The van der Waals surface area contributed by atoms with Crippen LogP contribution in [0.25, 0.3) is 0 Å². The average Bonchev–Trinajstić information content (AvgIpc) is 2.32. The van der Waals surface area contributed by atoms with Gasteiger partial charge >= 0.3 is 0 Å². The quantitative estimate of drug-likeness (QED) is 0.683. The second kappa shape index (κ2) is 6.07. The molecule has 2 aromatic rings. The van der Waals surface area contributed by atoms with Crippen LogP contribution in [-0.4, -0.2) is 16.3 Å². The lowest BCUT2D eigenvalue weighted by Crippen LogP contribution is -1.98. The summed E-state index contributed by atoms with van der Waals surface area (Å²) in [5, 5.41) is 3.20. The summed E-state index contributed by atoms with van der Waals surface area (Å²) < 4.78 is 13.2. The van der Waals surface area contributed by atoms with Crippen LogP contribution in [0.2, 0.25) is 5.15 Å². The molecule has 2 rings (SSSR count). The Labute approximate surface area is 109 Å². The highest BCUT2D eigenvalue weighted by atomic mass is 35.5. The average molecular weight is 268 g/mol. The van der Waals surface area contributed by atoms with Crippen molar-refractivity contribution >= 4 is 29.4 Å². The molecular formula is C12H11ClFN3O. The van der Waals surface area contributed by atoms with Gasteiger partial charge < -0.3 is 5.32 Å². The van der Waals surface area contributed by atoms with Crippen LogP contribution in [0.15, 0.2) is 30.5 Å². The number of halogens is 2. The van der Waals surface area contributed by atoms with E-state index in [0.717, 1.165) is 0 Å². The van der Waals surface area contributed by atoms with Gasteiger partial charge in [0.2, 0.25) is 5.95 Å². The summed E-state index contributed by atoms with van der Waals surface area (Å²) in [7, 11) is 0. The van der Waals surface area contributed by atoms with Gasteiger partial charge in [-0.25, -0.2) is 9.97 Å². The van der Waals surface area contributed by atoms with Crippen molar-refractivity contribution in [2.75, 3.05) is 5.32 Å². The molecule has 0 aromatic carbocycles. The third kappa shape index (κ3) is 3.24. The van der Waals surface area contributed by atoms with Gasteiger partial charge in [-0.3, -0.25) is 4.79 Å². The molecule has 1 N–H and O–H groups in total. The molecule has 0 saturated carbocycles. The fourth-order valence-corrected chi connectivity index (χ4v) is 1.31. The van der Waals surface area contributed by atoms with E-state index in [1.54, 1.807) is 12.1 Å². The Balaban J connectivity index is 0.00000162. The molecule has 0 spiro atoms. The minimum absolute atomic E-state index is 0. The third-order valence-corrected chi connectivity index (χ3v) is 2.23. The highest BCUT2D eigenvalue weighted by molar-refractivity contribution is 6.29. The van der Waals surface area contributed by atoms with E-state index in [4.69, 9.17) is 11.6 Å². The van der Waals surface area contributed by atoms with Crippen molar-refractivity contribution in [3.05, 3.63) is 47.1 Å². The van der Waals surface area contributed by atoms with Gasteiger partial charge in [0.1, 0.15) is 11.0 Å². The SMILES string of the molecule is C.O=Cc1ccc(Nc2ccc(Cl)nc2)nc1F. The Morgan fingerprint density at radius 1 is 1.28 bits per heavy atom. The highest BCUT2D eigenvalue weighted by Gasteiger charge is 2.04. The van der Waals surface area contributed by atoms with Crippen molar-refractivity contribution in [1.29, 1.82) is 0 Å². The van der Waals surface area contributed by atoms with Gasteiger partial charge in [0.25, 0.3) is 0 Å². The molecule has 0 aliphatic heterocycles. The number of nitrogens with one attached hydrogen (secondary N) is 1. The summed E-state index contributed by atoms with van der Waals surface area (Å²) in [6.07, 6.45) is 1.91. The molecule has 0 unspecified atom stereocenters. The first-order valence-corrected chi connectivity index (χ1v) is 5.07. The van der Waals surface area contributed by atoms with Crippen LogP contribution in [0.5, 0.6) is 0 Å². The van der Waals surface area contributed by atoms with Crippen LogP contribution in [0, 0.1) is 5.95 Å². The van der Waals surface area contributed by atoms with E-state index in [-0.39, 0.29) is 18.8 Å². The van der Waals surface area contributed by atoms with Crippen LogP contribution in [0.4, 0.5) is 15.9 Å². The molecule has 0 radical (unpaired) electrons. The minimum atomic E-state index is -0.813. The number of nitrogens with zero attached hydrogens (tertiary/aromatic N) is 2. The van der Waals surface area contributed by atoms with Crippen LogP contribution >= 0.6 is 11.6 Å². The predicted molar refractivity (Wildman–Crippen MR) is 68.8 cm³/mol. The highest BCUT2D eigenvalue weighted by Crippen LogP contribution is 2.16. The number of aromatic nitrogens is 2. The first-order valence-electron chi connectivity index (χ1n) is 4.69. The van der Waals surface area contributed by atoms with Gasteiger partial charge in [0.15, 0.2) is 6.29 Å². The molecule has 4 nitrogen and oxygen atoms in total. The van der Waals surface area contributed by atoms with Gasteiger partial charge in [-0.15, -0.1) is 0 Å². The topological polar surface area (TPSA) is 54.9 Å². The lowest BCUT2D eigenvalue weighted by molar-refractivity contribution is 0.111. The number of pyridine rings is 2. The summed E-state index contributed by atoms with van der Waals surface area (Å²) >= 11 is 5.63. The Morgan fingerprint density at radius 3 is 2.61 bits per heavy atom. The van der Waals surface area contributed by atoms with Crippen molar-refractivity contribution in [3.8, 4) is 0 Å². The molecule has 0 fully saturated rings. The van der Waals surface area contributed by atoms with E-state index in [2.05, 4.69) is 15.3 Å². The molecule has 0 amide bonds. The zero-order chi connectivity index (χ0) is 12.3. The number of carbonyl (C=O) groups excluding carboxylic acids is 1. The molecule has 0 aliphatic carbocycles. The van der Waals surface area contributed by atoms with Gasteiger partial charge in [0, 0.05) is 0 Å². The maximum Gasteiger partial charge on any atom is 0.225 e. The zero-order valence-electron chi connectivity index (χ0n) is 8.52. The largest absolute Gasteiger partial charge is 0.339 e. The van der Waals surface area contributed by atoms with E-state index in [1.165, 1.54) is 18.3 Å². The molecule has 0 saturated heterocycles. The van der Waals surface area contributed by atoms with E-state index in [0.29, 0.717) is 17.1 Å². The maximum atomic E-state index is 13.2. The number of aldehydes is 1. The third-order valence-electron chi connectivity index (χ3n) is 2.00. The van der Waals surface area contributed by atoms with E-state index < -0.39 is 5.95 Å². The standard InChI is InChI=1S/C11H7ClFN3O.CH4/c12-9-3-2-8(5-14-9)15-10-4-1-7(6-17)11(13)16-10;/h1-6H,(H,15,16);1H4. The van der Waals surface area contributed by atoms with Crippen molar-refractivity contribution in [3.63, 3.8) is 0 Å². The number of rotatable bonds is 3. The van der Waals surface area contributed by atoms with Gasteiger partial charge in [-0.05, 0) is 24.3 Å². The van der Waals surface area contributed by atoms with Crippen LogP contribution in [-0.2, 0) is 0 Å². The van der Waals surface area contributed by atoms with Gasteiger partial charge in [-0.1, -0.05) is 19.0 Å². The van der Waals surface area contributed by atoms with Crippen molar-refractivity contribution in [2.24, 2.45) is 0 Å². The van der Waals surface area contributed by atoms with Gasteiger partial charge in [-0.2, -0.15) is 4.39 Å². The molecule has 18 heavy (non-hydrogen) atoms. The summed E-state index contributed by atoms with van der Waals surface area (Å²) in [5.74, 6) is -0.524. The van der Waals surface area contributed by atoms with Crippen molar-refractivity contribution in [2.45, 2.75) is 7.43 Å². The maximum absolute atomic E-state index is 13.2. The van der Waals surface area contributed by atoms with E-state index >= 15 is 0 Å². The summed E-state index contributed by atoms with van der Waals surface area (Å²) in [4.78, 5) is 17.9. The fourth-order valence-electron chi connectivity index (χ4n) is 1.20.